The predicted molar refractivity (Wildman–Crippen MR) is 96.5 cm³/mol. The van der Waals surface area contributed by atoms with Gasteiger partial charge in [-0.1, -0.05) is 47.6 Å². The van der Waals surface area contributed by atoms with E-state index < -0.39 is 5.97 Å². The van der Waals surface area contributed by atoms with Crippen LogP contribution in [0.4, 0.5) is 0 Å². The van der Waals surface area contributed by atoms with Crippen molar-refractivity contribution >= 4 is 11.9 Å². The minimum Gasteiger partial charge on any atom is -0.468 e. The van der Waals surface area contributed by atoms with Crippen LogP contribution >= 0.6 is 0 Å². The Kier molecular flexibility index (Phi) is 5.12. The maximum Gasteiger partial charge on any atom is 0.325 e. The van der Waals surface area contributed by atoms with Gasteiger partial charge in [0.15, 0.2) is 0 Å². The average molecular weight is 350 g/mol. The van der Waals surface area contributed by atoms with Gasteiger partial charge in [-0.25, -0.2) is 0 Å². The molecule has 0 atom stereocenters. The Morgan fingerprint density at radius 2 is 1.73 bits per heavy atom. The highest BCUT2D eigenvalue weighted by Gasteiger charge is 2.17. The molecule has 6 nitrogen and oxygen atoms in total. The van der Waals surface area contributed by atoms with Gasteiger partial charge < -0.3 is 14.6 Å². The van der Waals surface area contributed by atoms with Gasteiger partial charge in [0, 0.05) is 11.1 Å². The standard InChI is InChI=1S/C20H18N2O4/c1-13-18(19(22-26-13)15-6-4-3-5-7-15)14-8-10-16(11-9-14)20(24)21-12-17(23)25-2/h3-11H,12H2,1-2H3,(H,21,24). The van der Waals surface area contributed by atoms with E-state index in [4.69, 9.17) is 4.52 Å². The van der Waals surface area contributed by atoms with Crippen molar-refractivity contribution in [1.82, 2.24) is 10.5 Å². The van der Waals surface area contributed by atoms with Crippen LogP contribution in [0.5, 0.6) is 0 Å². The number of benzene rings is 2. The number of hydrogen-bond acceptors (Lipinski definition) is 5. The fourth-order valence-electron chi connectivity index (χ4n) is 2.62. The number of hydrogen-bond donors (Lipinski definition) is 1. The van der Waals surface area contributed by atoms with Crippen LogP contribution < -0.4 is 5.32 Å². The first-order valence-corrected chi connectivity index (χ1v) is 8.07. The summed E-state index contributed by atoms with van der Waals surface area (Å²) in [7, 11) is 1.27. The molecule has 1 heterocycles. The van der Waals surface area contributed by atoms with Gasteiger partial charge in [0.05, 0.1) is 12.7 Å². The molecule has 2 aromatic carbocycles. The van der Waals surface area contributed by atoms with Crippen molar-refractivity contribution in [2.75, 3.05) is 13.7 Å². The zero-order valence-electron chi connectivity index (χ0n) is 14.5. The molecule has 26 heavy (non-hydrogen) atoms. The Balaban J connectivity index is 1.85. The fourth-order valence-corrected chi connectivity index (χ4v) is 2.62. The number of nitrogens with zero attached hydrogens (tertiary/aromatic N) is 1. The number of aromatic nitrogens is 1. The van der Waals surface area contributed by atoms with E-state index in [0.29, 0.717) is 11.3 Å². The van der Waals surface area contributed by atoms with Gasteiger partial charge in [-0.15, -0.1) is 0 Å². The van der Waals surface area contributed by atoms with Crippen molar-refractivity contribution in [3.63, 3.8) is 0 Å². The Morgan fingerprint density at radius 3 is 2.38 bits per heavy atom. The van der Waals surface area contributed by atoms with E-state index in [0.717, 1.165) is 22.4 Å². The van der Waals surface area contributed by atoms with Gasteiger partial charge in [0.2, 0.25) is 0 Å². The number of ether oxygens (including phenoxy) is 1. The van der Waals surface area contributed by atoms with Crippen molar-refractivity contribution in [3.8, 4) is 22.4 Å². The number of amides is 1. The third-order valence-electron chi connectivity index (χ3n) is 3.97. The molecule has 0 bridgehead atoms. The van der Waals surface area contributed by atoms with Crippen molar-refractivity contribution in [1.29, 1.82) is 0 Å². The molecule has 0 unspecified atom stereocenters. The molecule has 1 amide bonds. The third-order valence-corrected chi connectivity index (χ3v) is 3.97. The van der Waals surface area contributed by atoms with E-state index in [2.05, 4.69) is 15.2 Å². The minimum atomic E-state index is -0.498. The first-order chi connectivity index (χ1) is 12.6. The number of esters is 1. The Morgan fingerprint density at radius 1 is 1.04 bits per heavy atom. The molecule has 0 fully saturated rings. The molecular formula is C20H18N2O4. The van der Waals surface area contributed by atoms with Crippen LogP contribution in [0.1, 0.15) is 16.1 Å². The normalized spacial score (nSPS) is 10.4. The molecule has 3 aromatic rings. The molecule has 0 radical (unpaired) electrons. The van der Waals surface area contributed by atoms with E-state index >= 15 is 0 Å². The van der Waals surface area contributed by atoms with Crippen LogP contribution in [0.25, 0.3) is 22.4 Å². The molecule has 0 aliphatic rings. The first kappa shape index (κ1) is 17.4. The van der Waals surface area contributed by atoms with Crippen LogP contribution in [0.2, 0.25) is 0 Å². The highest BCUT2D eigenvalue weighted by molar-refractivity contribution is 5.96. The summed E-state index contributed by atoms with van der Waals surface area (Å²) < 4.78 is 9.88. The minimum absolute atomic E-state index is 0.167. The van der Waals surface area contributed by atoms with E-state index in [-0.39, 0.29) is 12.5 Å². The quantitative estimate of drug-likeness (QED) is 0.715. The number of carbonyl (C=O) groups is 2. The zero-order valence-corrected chi connectivity index (χ0v) is 14.5. The molecule has 3 rings (SSSR count). The number of methoxy groups -OCH3 is 1. The van der Waals surface area contributed by atoms with Gasteiger partial charge in [-0.3, -0.25) is 9.59 Å². The van der Waals surface area contributed by atoms with Crippen LogP contribution in [0.15, 0.2) is 59.1 Å². The lowest BCUT2D eigenvalue weighted by Crippen LogP contribution is -2.30. The maximum atomic E-state index is 12.1. The number of rotatable bonds is 5. The van der Waals surface area contributed by atoms with Gasteiger partial charge in [-0.05, 0) is 24.6 Å². The lowest BCUT2D eigenvalue weighted by atomic mass is 9.98. The molecule has 132 valence electrons. The van der Waals surface area contributed by atoms with Crippen molar-refractivity contribution in [3.05, 3.63) is 65.9 Å². The first-order valence-electron chi connectivity index (χ1n) is 8.07. The summed E-state index contributed by atoms with van der Waals surface area (Å²) in [5, 5.41) is 6.68. The smallest absolute Gasteiger partial charge is 0.325 e. The van der Waals surface area contributed by atoms with Crippen molar-refractivity contribution in [2.24, 2.45) is 0 Å². The molecule has 1 N–H and O–H groups in total. The van der Waals surface area contributed by atoms with Crippen molar-refractivity contribution < 1.29 is 18.8 Å². The maximum absolute atomic E-state index is 12.1. The van der Waals surface area contributed by atoms with E-state index in [1.807, 2.05) is 49.4 Å². The van der Waals surface area contributed by atoms with Gasteiger partial charge in [0.1, 0.15) is 18.0 Å². The Labute approximate surface area is 150 Å². The molecule has 0 spiro atoms. The van der Waals surface area contributed by atoms with E-state index in [1.165, 1.54) is 7.11 Å². The van der Waals surface area contributed by atoms with Crippen LogP contribution in [-0.2, 0) is 9.53 Å². The Hall–Kier alpha value is -3.41. The summed E-state index contributed by atoms with van der Waals surface area (Å²) in [6.45, 7) is 1.69. The summed E-state index contributed by atoms with van der Waals surface area (Å²) in [5.74, 6) is -0.137. The van der Waals surface area contributed by atoms with E-state index in [1.54, 1.807) is 12.1 Å². The lowest BCUT2D eigenvalue weighted by molar-refractivity contribution is -0.139. The van der Waals surface area contributed by atoms with Gasteiger partial charge >= 0.3 is 5.97 Å². The largest absolute Gasteiger partial charge is 0.468 e. The molecule has 1 aromatic heterocycles. The molecule has 0 aliphatic heterocycles. The zero-order chi connectivity index (χ0) is 18.5. The van der Waals surface area contributed by atoms with Crippen LogP contribution in [-0.4, -0.2) is 30.7 Å². The molecule has 6 heteroatoms. The summed E-state index contributed by atoms with van der Waals surface area (Å²) in [5.41, 5.74) is 3.95. The number of nitrogens with one attached hydrogen (secondary N) is 1. The monoisotopic (exact) mass is 350 g/mol. The second kappa shape index (κ2) is 7.65. The SMILES string of the molecule is COC(=O)CNC(=O)c1ccc(-c2c(-c3ccccc3)noc2C)cc1. The molecule has 0 saturated carbocycles. The topological polar surface area (TPSA) is 81.4 Å². The number of carbonyl (C=O) groups excluding carboxylic acids is 2. The Bertz CT molecular complexity index is 915. The van der Waals surface area contributed by atoms with Crippen LogP contribution in [0, 0.1) is 6.92 Å². The average Bonchev–Trinajstić information content (AvgIpc) is 3.08. The third kappa shape index (κ3) is 3.64. The molecule has 0 saturated heterocycles. The van der Waals surface area contributed by atoms with Crippen molar-refractivity contribution in [2.45, 2.75) is 6.92 Å². The summed E-state index contributed by atoms with van der Waals surface area (Å²) in [6.07, 6.45) is 0. The highest BCUT2D eigenvalue weighted by Crippen LogP contribution is 2.34. The van der Waals surface area contributed by atoms with E-state index in [9.17, 15) is 9.59 Å². The van der Waals surface area contributed by atoms with Crippen LogP contribution in [0.3, 0.4) is 0 Å². The fraction of sp³-hybridized carbons (Fsp3) is 0.150. The van der Waals surface area contributed by atoms with Gasteiger partial charge in [-0.2, -0.15) is 0 Å². The summed E-state index contributed by atoms with van der Waals surface area (Å²) in [6, 6.07) is 16.8. The predicted octanol–water partition coefficient (Wildman–Crippen LogP) is 3.22. The second-order valence-corrected chi connectivity index (χ2v) is 5.66. The summed E-state index contributed by atoms with van der Waals surface area (Å²) in [4.78, 5) is 23.2. The highest BCUT2D eigenvalue weighted by atomic mass is 16.5. The second-order valence-electron chi connectivity index (χ2n) is 5.66. The lowest BCUT2D eigenvalue weighted by Gasteiger charge is -2.06. The van der Waals surface area contributed by atoms with Gasteiger partial charge in [0.25, 0.3) is 5.91 Å². The molecular weight excluding hydrogens is 332 g/mol. The molecule has 0 aliphatic carbocycles. The number of aryl methyl sites for hydroxylation is 1. The summed E-state index contributed by atoms with van der Waals surface area (Å²) >= 11 is 0.